The van der Waals surface area contributed by atoms with Crippen molar-refractivity contribution in [3.63, 3.8) is 0 Å². The van der Waals surface area contributed by atoms with E-state index in [0.717, 1.165) is 48.4 Å². The lowest BCUT2D eigenvalue weighted by atomic mass is 9.84. The van der Waals surface area contributed by atoms with Crippen molar-refractivity contribution < 1.29 is 13.2 Å². The van der Waals surface area contributed by atoms with Gasteiger partial charge in [0.1, 0.15) is 0 Å². The summed E-state index contributed by atoms with van der Waals surface area (Å²) in [5, 5.41) is 2.65. The summed E-state index contributed by atoms with van der Waals surface area (Å²) in [6, 6.07) is 0.297. The van der Waals surface area contributed by atoms with Crippen LogP contribution in [0.1, 0.15) is 48.4 Å². The Bertz CT molecular complexity index is 387. The van der Waals surface area contributed by atoms with E-state index in [9.17, 15) is 13.2 Å². The average Bonchev–Trinajstić information content (AvgIpc) is 2.79. The Balaban J connectivity index is 2.15. The lowest BCUT2D eigenvalue weighted by molar-refractivity contribution is -0.137. The number of nitrogens with zero attached hydrogens (tertiary/aromatic N) is 1. The lowest BCUT2D eigenvalue weighted by Crippen LogP contribution is -2.36. The molecule has 102 valence electrons. The zero-order valence-electron chi connectivity index (χ0n) is 10.3. The summed E-state index contributed by atoms with van der Waals surface area (Å²) in [5.74, 6) is 0.187. The average molecular weight is 278 g/mol. The molecule has 0 aliphatic heterocycles. The van der Waals surface area contributed by atoms with E-state index in [1.165, 1.54) is 6.20 Å². The van der Waals surface area contributed by atoms with Gasteiger partial charge >= 0.3 is 6.18 Å². The van der Waals surface area contributed by atoms with Gasteiger partial charge in [0, 0.05) is 23.0 Å². The van der Waals surface area contributed by atoms with Gasteiger partial charge in [-0.25, -0.2) is 4.98 Å². The maximum absolute atomic E-state index is 12.5. The second-order valence-corrected chi connectivity index (χ2v) is 5.68. The molecule has 1 aromatic rings. The molecule has 1 fully saturated rings. The van der Waals surface area contributed by atoms with Gasteiger partial charge in [0.15, 0.2) is 5.01 Å². The molecule has 1 heterocycles. The first kappa shape index (κ1) is 13.8. The van der Waals surface area contributed by atoms with Crippen molar-refractivity contribution in [1.29, 1.82) is 0 Å². The summed E-state index contributed by atoms with van der Waals surface area (Å²) in [6.45, 7) is 2.88. The molecule has 0 saturated heterocycles. The Hall–Kier alpha value is -0.620. The van der Waals surface area contributed by atoms with Crippen LogP contribution in [0.25, 0.3) is 0 Å². The Morgan fingerprint density at radius 3 is 2.72 bits per heavy atom. The Kier molecular flexibility index (Phi) is 4.27. The van der Waals surface area contributed by atoms with Gasteiger partial charge in [-0.15, -0.1) is 11.3 Å². The zero-order chi connectivity index (χ0) is 13.2. The van der Waals surface area contributed by atoms with E-state index in [1.807, 2.05) is 6.92 Å². The molecule has 2 unspecified atom stereocenters. The van der Waals surface area contributed by atoms with Gasteiger partial charge in [-0.1, -0.05) is 19.8 Å². The van der Waals surface area contributed by atoms with Gasteiger partial charge in [-0.3, -0.25) is 0 Å². The molecule has 1 aliphatic carbocycles. The fraction of sp³-hybridized carbons (Fsp3) is 0.750. The highest BCUT2D eigenvalue weighted by molar-refractivity contribution is 7.11. The van der Waals surface area contributed by atoms with Gasteiger partial charge in [0.05, 0.1) is 0 Å². The number of hydrogen-bond acceptors (Lipinski definition) is 3. The highest BCUT2D eigenvalue weighted by Gasteiger charge is 2.36. The molecule has 1 saturated carbocycles. The highest BCUT2D eigenvalue weighted by atomic mass is 32.1. The van der Waals surface area contributed by atoms with E-state index < -0.39 is 11.2 Å². The van der Waals surface area contributed by atoms with Crippen LogP contribution >= 0.6 is 11.3 Å². The first-order chi connectivity index (χ1) is 8.52. The summed E-state index contributed by atoms with van der Waals surface area (Å²) in [5.41, 5.74) is 0. The van der Waals surface area contributed by atoms with E-state index in [4.69, 9.17) is 0 Å². The smallest absolute Gasteiger partial charge is 0.314 e. The molecule has 18 heavy (non-hydrogen) atoms. The zero-order valence-corrected chi connectivity index (χ0v) is 11.1. The van der Waals surface area contributed by atoms with Crippen molar-refractivity contribution in [2.75, 3.05) is 6.54 Å². The van der Waals surface area contributed by atoms with Crippen LogP contribution in [-0.4, -0.2) is 17.6 Å². The van der Waals surface area contributed by atoms with Gasteiger partial charge in [0.2, 0.25) is 0 Å². The van der Waals surface area contributed by atoms with Gasteiger partial charge < -0.3 is 5.32 Å². The molecule has 1 aliphatic rings. The van der Waals surface area contributed by atoms with Crippen molar-refractivity contribution in [2.45, 2.75) is 50.7 Å². The normalized spacial score (nSPS) is 25.3. The molecule has 1 N–H and O–H groups in total. The van der Waals surface area contributed by atoms with Crippen LogP contribution in [0.5, 0.6) is 0 Å². The third-order valence-corrected chi connectivity index (χ3v) is 4.54. The largest absolute Gasteiger partial charge is 0.443 e. The number of alkyl halides is 3. The minimum atomic E-state index is -4.31. The Morgan fingerprint density at radius 1 is 1.39 bits per heavy atom. The quantitative estimate of drug-likeness (QED) is 0.909. The van der Waals surface area contributed by atoms with Crippen molar-refractivity contribution in [3.05, 3.63) is 16.1 Å². The number of thiazole rings is 1. The van der Waals surface area contributed by atoms with E-state index in [-0.39, 0.29) is 5.92 Å². The number of hydrogen-bond donors (Lipinski definition) is 1. The predicted octanol–water partition coefficient (Wildman–Crippen LogP) is 3.80. The molecular weight excluding hydrogens is 261 g/mol. The molecule has 0 bridgehead atoms. The van der Waals surface area contributed by atoms with Gasteiger partial charge in [0.25, 0.3) is 0 Å². The summed E-state index contributed by atoms with van der Waals surface area (Å²) in [7, 11) is 0. The molecule has 0 amide bonds. The molecule has 6 heteroatoms. The number of rotatable bonds is 3. The lowest BCUT2D eigenvalue weighted by Gasteiger charge is -2.31. The number of halogens is 3. The van der Waals surface area contributed by atoms with E-state index in [1.54, 1.807) is 0 Å². The summed E-state index contributed by atoms with van der Waals surface area (Å²) in [4.78, 5) is 4.29. The van der Waals surface area contributed by atoms with Crippen molar-refractivity contribution in [3.8, 4) is 0 Å². The molecule has 0 radical (unpaired) electrons. The van der Waals surface area contributed by atoms with Crippen LogP contribution in [0, 0.1) is 0 Å². The van der Waals surface area contributed by atoms with E-state index >= 15 is 0 Å². The van der Waals surface area contributed by atoms with E-state index in [0.29, 0.717) is 6.04 Å². The van der Waals surface area contributed by atoms with Crippen LogP contribution in [0.15, 0.2) is 6.20 Å². The maximum atomic E-state index is 12.5. The van der Waals surface area contributed by atoms with Gasteiger partial charge in [-0.2, -0.15) is 13.2 Å². The van der Waals surface area contributed by atoms with E-state index in [2.05, 4.69) is 10.3 Å². The number of nitrogens with one attached hydrogen (secondary N) is 1. The molecule has 1 aromatic heterocycles. The Labute approximate surface area is 109 Å². The molecule has 2 atom stereocenters. The van der Waals surface area contributed by atoms with Crippen LogP contribution in [0.2, 0.25) is 0 Å². The van der Waals surface area contributed by atoms with Crippen LogP contribution in [-0.2, 0) is 6.18 Å². The molecule has 2 rings (SSSR count). The predicted molar refractivity (Wildman–Crippen MR) is 65.8 cm³/mol. The Morgan fingerprint density at radius 2 is 2.11 bits per heavy atom. The third kappa shape index (κ3) is 3.03. The molecular formula is C12H17F3N2S. The fourth-order valence-electron chi connectivity index (χ4n) is 2.57. The first-order valence-electron chi connectivity index (χ1n) is 6.28. The van der Waals surface area contributed by atoms with Crippen LogP contribution in [0.3, 0.4) is 0 Å². The van der Waals surface area contributed by atoms with Crippen molar-refractivity contribution in [2.24, 2.45) is 0 Å². The summed E-state index contributed by atoms with van der Waals surface area (Å²) < 4.78 is 37.6. The number of aromatic nitrogens is 1. The van der Waals surface area contributed by atoms with Gasteiger partial charge in [-0.05, 0) is 19.4 Å². The van der Waals surface area contributed by atoms with Crippen molar-refractivity contribution >= 4 is 11.3 Å². The minimum absolute atomic E-state index is 0.187. The maximum Gasteiger partial charge on any atom is 0.443 e. The standard InChI is InChI=1S/C12H17F3N2S/c1-2-16-9-6-4-3-5-8(9)10-7-17-11(18-10)12(13,14)15/h7-9,16H,2-6H2,1H3. The van der Waals surface area contributed by atoms with Crippen molar-refractivity contribution in [1.82, 2.24) is 10.3 Å². The molecule has 0 spiro atoms. The first-order valence-corrected chi connectivity index (χ1v) is 7.10. The second-order valence-electron chi connectivity index (χ2n) is 4.62. The monoisotopic (exact) mass is 278 g/mol. The van der Waals surface area contributed by atoms with Crippen LogP contribution in [0.4, 0.5) is 13.2 Å². The second kappa shape index (κ2) is 5.57. The third-order valence-electron chi connectivity index (χ3n) is 3.36. The SMILES string of the molecule is CCNC1CCCCC1c1cnc(C(F)(F)F)s1. The number of likely N-dealkylation sites (N-methyl/N-ethyl adjacent to an activating group) is 1. The molecule has 0 aromatic carbocycles. The minimum Gasteiger partial charge on any atom is -0.314 e. The molecule has 2 nitrogen and oxygen atoms in total. The van der Waals surface area contributed by atoms with Crippen LogP contribution < -0.4 is 5.32 Å². The summed E-state index contributed by atoms with van der Waals surface area (Å²) >= 11 is 0.800. The fourth-order valence-corrected chi connectivity index (χ4v) is 3.55. The topological polar surface area (TPSA) is 24.9 Å². The summed E-state index contributed by atoms with van der Waals surface area (Å²) in [6.07, 6.45) is 1.33. The highest BCUT2D eigenvalue weighted by Crippen LogP contribution is 2.39.